The number of benzene rings is 3. The van der Waals surface area contributed by atoms with Crippen molar-refractivity contribution < 1.29 is 19.8 Å². The van der Waals surface area contributed by atoms with E-state index >= 15 is 0 Å². The maximum Gasteiger partial charge on any atom is 0.306 e. The molecule has 3 aromatic rings. The van der Waals surface area contributed by atoms with Gasteiger partial charge in [-0.1, -0.05) is 54.6 Å². The van der Waals surface area contributed by atoms with Gasteiger partial charge in [0.25, 0.3) is 5.91 Å². The van der Waals surface area contributed by atoms with Crippen molar-refractivity contribution in [1.82, 2.24) is 14.7 Å². The molecule has 2 heterocycles. The van der Waals surface area contributed by atoms with Gasteiger partial charge in [-0.15, -0.1) is 0 Å². The molecule has 1 unspecified atom stereocenters. The Kier molecular flexibility index (Phi) is 8.52. The lowest BCUT2D eigenvalue weighted by Crippen LogP contribution is -2.56. The van der Waals surface area contributed by atoms with Gasteiger partial charge >= 0.3 is 5.97 Å². The van der Waals surface area contributed by atoms with Crippen LogP contribution < -0.4 is 0 Å². The predicted molar refractivity (Wildman–Crippen MR) is 155 cm³/mol. The van der Waals surface area contributed by atoms with Crippen LogP contribution in [0.15, 0.2) is 78.9 Å². The Hall–Kier alpha value is -3.68. The standard InChI is InChI=1S/C33H39N3O4/c1-23-21-36(24(2)20-35(23)22-25-7-4-3-5-8-25)31(29-9-6-10-30(37)19-29)26-11-13-27(14-12-26)32(38)34-17-15-28(16-18-34)33(39)40/h3-14,19,23-24,28,31,37H,15-18,20-22H2,1-2H3,(H,39,40)/t23-,24+,31?/m1/s1. The third kappa shape index (κ3) is 6.21. The molecule has 210 valence electrons. The van der Waals surface area contributed by atoms with Crippen LogP contribution >= 0.6 is 0 Å². The molecule has 2 aliphatic rings. The van der Waals surface area contributed by atoms with Crippen LogP contribution in [-0.2, 0) is 11.3 Å². The van der Waals surface area contributed by atoms with Gasteiger partial charge in [0.15, 0.2) is 0 Å². The van der Waals surface area contributed by atoms with Crippen LogP contribution in [-0.4, -0.2) is 75.1 Å². The van der Waals surface area contributed by atoms with Gasteiger partial charge in [-0.05, 0) is 67.6 Å². The molecule has 2 aliphatic heterocycles. The van der Waals surface area contributed by atoms with Crippen LogP contribution in [0.1, 0.15) is 59.8 Å². The number of carboxylic acids is 1. The molecule has 3 atom stereocenters. The predicted octanol–water partition coefficient (Wildman–Crippen LogP) is 5.01. The number of piperazine rings is 1. The van der Waals surface area contributed by atoms with Gasteiger partial charge in [0, 0.05) is 50.4 Å². The molecule has 2 saturated heterocycles. The Morgan fingerprint density at radius 2 is 1.55 bits per heavy atom. The first kappa shape index (κ1) is 27.9. The van der Waals surface area contributed by atoms with Crippen molar-refractivity contribution in [3.8, 4) is 5.75 Å². The van der Waals surface area contributed by atoms with Gasteiger partial charge in [-0.3, -0.25) is 19.4 Å². The number of carbonyl (C=O) groups is 2. The number of hydrogen-bond acceptors (Lipinski definition) is 5. The zero-order valence-corrected chi connectivity index (χ0v) is 23.3. The van der Waals surface area contributed by atoms with Crippen LogP contribution in [0.5, 0.6) is 5.75 Å². The second-order valence-corrected chi connectivity index (χ2v) is 11.3. The zero-order valence-electron chi connectivity index (χ0n) is 23.3. The maximum atomic E-state index is 13.2. The third-order valence-electron chi connectivity index (χ3n) is 8.51. The zero-order chi connectivity index (χ0) is 28.2. The number of phenols is 1. The average Bonchev–Trinajstić information content (AvgIpc) is 2.96. The number of piperidine rings is 1. The Morgan fingerprint density at radius 3 is 2.20 bits per heavy atom. The summed E-state index contributed by atoms with van der Waals surface area (Å²) in [5, 5.41) is 19.6. The van der Waals surface area contributed by atoms with Gasteiger partial charge in [0.2, 0.25) is 0 Å². The van der Waals surface area contributed by atoms with E-state index in [1.54, 1.807) is 11.0 Å². The Morgan fingerprint density at radius 1 is 0.850 bits per heavy atom. The topological polar surface area (TPSA) is 84.3 Å². The van der Waals surface area contributed by atoms with E-state index in [1.165, 1.54) is 5.56 Å². The molecule has 7 nitrogen and oxygen atoms in total. The van der Waals surface area contributed by atoms with E-state index in [4.69, 9.17) is 0 Å². The molecule has 2 fully saturated rings. The molecule has 3 aromatic carbocycles. The van der Waals surface area contributed by atoms with Crippen molar-refractivity contribution in [2.45, 2.75) is 51.4 Å². The van der Waals surface area contributed by atoms with E-state index in [-0.39, 0.29) is 29.7 Å². The lowest BCUT2D eigenvalue weighted by molar-refractivity contribution is -0.143. The fraction of sp³-hybridized carbons (Fsp3) is 0.394. The van der Waals surface area contributed by atoms with Gasteiger partial charge in [0.1, 0.15) is 5.75 Å². The molecule has 0 saturated carbocycles. The van der Waals surface area contributed by atoms with Crippen LogP contribution in [0.3, 0.4) is 0 Å². The molecule has 0 spiro atoms. The van der Waals surface area contributed by atoms with Crippen LogP contribution in [0.2, 0.25) is 0 Å². The number of amides is 1. The molecule has 0 aromatic heterocycles. The highest BCUT2D eigenvalue weighted by atomic mass is 16.4. The van der Waals surface area contributed by atoms with Crippen molar-refractivity contribution in [2.24, 2.45) is 5.92 Å². The number of aromatic hydroxyl groups is 1. The monoisotopic (exact) mass is 541 g/mol. The van der Waals surface area contributed by atoms with Crippen molar-refractivity contribution in [2.75, 3.05) is 26.2 Å². The number of phenolic OH excluding ortho intramolecular Hbond substituents is 1. The number of nitrogens with zero attached hydrogens (tertiary/aromatic N) is 3. The average molecular weight is 542 g/mol. The highest BCUT2D eigenvalue weighted by molar-refractivity contribution is 5.94. The largest absolute Gasteiger partial charge is 0.508 e. The first-order chi connectivity index (χ1) is 19.3. The lowest BCUT2D eigenvalue weighted by Gasteiger charge is -2.47. The van der Waals surface area contributed by atoms with Gasteiger partial charge < -0.3 is 15.1 Å². The van der Waals surface area contributed by atoms with E-state index in [2.05, 4.69) is 54.0 Å². The summed E-state index contributed by atoms with van der Waals surface area (Å²) in [7, 11) is 0. The van der Waals surface area contributed by atoms with Crippen molar-refractivity contribution >= 4 is 11.9 Å². The minimum absolute atomic E-state index is 0.0548. The number of aliphatic carboxylic acids is 1. The summed E-state index contributed by atoms with van der Waals surface area (Å²) in [6.45, 7) is 8.17. The molecular weight excluding hydrogens is 502 g/mol. The van der Waals surface area contributed by atoms with Crippen molar-refractivity contribution in [1.29, 1.82) is 0 Å². The molecule has 0 bridgehead atoms. The van der Waals surface area contributed by atoms with E-state index in [0.29, 0.717) is 37.5 Å². The molecule has 0 aliphatic carbocycles. The fourth-order valence-electron chi connectivity index (χ4n) is 6.21. The number of carboxylic acid groups (broad SMARTS) is 1. The Balaban J connectivity index is 1.36. The van der Waals surface area contributed by atoms with Gasteiger partial charge in [0.05, 0.1) is 12.0 Å². The molecule has 1 amide bonds. The molecule has 0 radical (unpaired) electrons. The summed E-state index contributed by atoms with van der Waals surface area (Å²) in [5.74, 6) is -0.964. The summed E-state index contributed by atoms with van der Waals surface area (Å²) in [6.07, 6.45) is 0.982. The summed E-state index contributed by atoms with van der Waals surface area (Å²) < 4.78 is 0. The van der Waals surface area contributed by atoms with Crippen LogP contribution in [0, 0.1) is 5.92 Å². The Bertz CT molecular complexity index is 1300. The number of carbonyl (C=O) groups excluding carboxylic acids is 1. The third-order valence-corrected chi connectivity index (χ3v) is 8.51. The second-order valence-electron chi connectivity index (χ2n) is 11.3. The van der Waals surface area contributed by atoms with Crippen molar-refractivity contribution in [3.63, 3.8) is 0 Å². The van der Waals surface area contributed by atoms with Crippen molar-refractivity contribution in [3.05, 3.63) is 101 Å². The van der Waals surface area contributed by atoms with E-state index in [0.717, 1.165) is 30.8 Å². The maximum absolute atomic E-state index is 13.2. The smallest absolute Gasteiger partial charge is 0.306 e. The summed E-state index contributed by atoms with van der Waals surface area (Å²) in [4.78, 5) is 31.3. The molecule has 5 rings (SSSR count). The molecule has 40 heavy (non-hydrogen) atoms. The lowest BCUT2D eigenvalue weighted by atomic mass is 9.92. The van der Waals surface area contributed by atoms with E-state index in [9.17, 15) is 19.8 Å². The summed E-state index contributed by atoms with van der Waals surface area (Å²) in [6, 6.07) is 26.4. The number of likely N-dealkylation sites (tertiary alicyclic amines) is 1. The van der Waals surface area contributed by atoms with E-state index in [1.807, 2.05) is 42.5 Å². The highest BCUT2D eigenvalue weighted by Gasteiger charge is 2.35. The minimum Gasteiger partial charge on any atom is -0.508 e. The first-order valence-corrected chi connectivity index (χ1v) is 14.2. The second kappa shape index (κ2) is 12.2. The van der Waals surface area contributed by atoms with Gasteiger partial charge in [-0.2, -0.15) is 0 Å². The number of rotatable bonds is 7. The molecule has 7 heteroatoms. The SMILES string of the molecule is C[C@@H]1CN(C(c2ccc(C(=O)N3CCC(C(=O)O)CC3)cc2)c2cccc(O)c2)[C@@H](C)CN1Cc1ccccc1. The normalized spacial score (nSPS) is 21.7. The first-order valence-electron chi connectivity index (χ1n) is 14.2. The minimum atomic E-state index is -0.779. The number of hydrogen-bond donors (Lipinski definition) is 2. The van der Waals surface area contributed by atoms with Crippen LogP contribution in [0.4, 0.5) is 0 Å². The fourth-order valence-corrected chi connectivity index (χ4v) is 6.21. The van der Waals surface area contributed by atoms with E-state index < -0.39 is 5.97 Å². The highest BCUT2D eigenvalue weighted by Crippen LogP contribution is 2.35. The van der Waals surface area contributed by atoms with Crippen LogP contribution in [0.25, 0.3) is 0 Å². The summed E-state index contributed by atoms with van der Waals surface area (Å²) in [5.41, 5.74) is 4.01. The summed E-state index contributed by atoms with van der Waals surface area (Å²) >= 11 is 0. The Labute approximate surface area is 236 Å². The van der Waals surface area contributed by atoms with Gasteiger partial charge in [-0.25, -0.2) is 0 Å². The quantitative estimate of drug-likeness (QED) is 0.437. The molecule has 2 N–H and O–H groups in total. The molecular formula is C33H39N3O4.